The number of thiocarbonyl (C=S) groups is 1. The summed E-state index contributed by atoms with van der Waals surface area (Å²) in [6, 6.07) is 17.3. The molecule has 29 heavy (non-hydrogen) atoms. The van der Waals surface area contributed by atoms with Gasteiger partial charge in [0.15, 0.2) is 0 Å². The van der Waals surface area contributed by atoms with E-state index in [9.17, 15) is 9.59 Å². The van der Waals surface area contributed by atoms with Gasteiger partial charge in [-0.25, -0.2) is 0 Å². The molecule has 7 heteroatoms. The molecule has 0 radical (unpaired) electrons. The van der Waals surface area contributed by atoms with Crippen LogP contribution >= 0.6 is 24.0 Å². The summed E-state index contributed by atoms with van der Waals surface area (Å²) in [5.41, 5.74) is 1.82. The highest BCUT2D eigenvalue weighted by Gasteiger charge is 2.34. The fourth-order valence-electron chi connectivity index (χ4n) is 2.67. The summed E-state index contributed by atoms with van der Waals surface area (Å²) >= 11 is 6.45. The smallest absolute Gasteiger partial charge is 0.326 e. The number of benzene rings is 2. The molecule has 0 aromatic heterocycles. The molecule has 0 unspecified atom stereocenters. The van der Waals surface area contributed by atoms with Crippen molar-refractivity contribution in [1.82, 2.24) is 4.90 Å². The third-order valence-electron chi connectivity index (χ3n) is 3.97. The van der Waals surface area contributed by atoms with Crippen LogP contribution in [0, 0.1) is 0 Å². The van der Waals surface area contributed by atoms with Gasteiger partial charge in [-0.3, -0.25) is 14.5 Å². The van der Waals surface area contributed by atoms with Gasteiger partial charge in [0.1, 0.15) is 23.2 Å². The van der Waals surface area contributed by atoms with Crippen LogP contribution in [0.1, 0.15) is 25.0 Å². The number of carbonyl (C=O) groups excluding carboxylic acids is 2. The Bertz CT molecular complexity index is 941. The van der Waals surface area contributed by atoms with Crippen LogP contribution in [0.25, 0.3) is 6.08 Å². The molecule has 0 aliphatic carbocycles. The van der Waals surface area contributed by atoms with Crippen molar-refractivity contribution in [2.75, 3.05) is 6.54 Å². The first-order valence-corrected chi connectivity index (χ1v) is 10.4. The number of thioether (sulfide) groups is 1. The van der Waals surface area contributed by atoms with Crippen LogP contribution in [-0.4, -0.2) is 33.7 Å². The molecule has 2 aromatic carbocycles. The molecule has 1 amide bonds. The Morgan fingerprint density at radius 3 is 2.55 bits per heavy atom. The predicted molar refractivity (Wildman–Crippen MR) is 118 cm³/mol. The fourth-order valence-corrected chi connectivity index (χ4v) is 3.92. The minimum Gasteiger partial charge on any atom is -0.488 e. The highest BCUT2D eigenvalue weighted by atomic mass is 32.2. The fraction of sp³-hybridized carbons (Fsp3) is 0.227. The Morgan fingerprint density at radius 1 is 1.14 bits per heavy atom. The van der Waals surface area contributed by atoms with E-state index < -0.39 is 5.97 Å². The Labute approximate surface area is 179 Å². The molecule has 1 fully saturated rings. The maximum atomic E-state index is 12.7. The number of rotatable bonds is 7. The van der Waals surface area contributed by atoms with E-state index in [1.165, 1.54) is 16.7 Å². The van der Waals surface area contributed by atoms with Gasteiger partial charge in [-0.1, -0.05) is 72.5 Å². The second-order valence-electron chi connectivity index (χ2n) is 6.62. The number of carbonyl (C=O) groups is 2. The SMILES string of the molecule is CC(C)OC(=O)CN1C(=O)/C(=C/c2ccccc2OCc2ccccc2)SC1=S. The molecular formula is C22H21NO4S2. The predicted octanol–water partition coefficient (Wildman–Crippen LogP) is 4.42. The first kappa shape index (κ1) is 21.1. The summed E-state index contributed by atoms with van der Waals surface area (Å²) in [7, 11) is 0. The molecule has 1 heterocycles. The van der Waals surface area contributed by atoms with Crippen molar-refractivity contribution >= 4 is 46.3 Å². The van der Waals surface area contributed by atoms with Crippen molar-refractivity contribution in [3.63, 3.8) is 0 Å². The van der Waals surface area contributed by atoms with Crippen molar-refractivity contribution in [1.29, 1.82) is 0 Å². The molecule has 5 nitrogen and oxygen atoms in total. The van der Waals surface area contributed by atoms with Crippen molar-refractivity contribution < 1.29 is 19.1 Å². The summed E-state index contributed by atoms with van der Waals surface area (Å²) in [6.07, 6.45) is 1.50. The van der Waals surface area contributed by atoms with E-state index >= 15 is 0 Å². The van der Waals surface area contributed by atoms with Crippen LogP contribution in [0.5, 0.6) is 5.75 Å². The lowest BCUT2D eigenvalue weighted by Gasteiger charge is -2.15. The Morgan fingerprint density at radius 2 is 1.83 bits per heavy atom. The molecule has 150 valence electrons. The van der Waals surface area contributed by atoms with Crippen molar-refractivity contribution in [3.05, 3.63) is 70.6 Å². The van der Waals surface area contributed by atoms with E-state index in [-0.39, 0.29) is 18.6 Å². The first-order chi connectivity index (χ1) is 13.9. The molecule has 0 atom stereocenters. The Balaban J connectivity index is 1.74. The third kappa shape index (κ3) is 5.68. The zero-order chi connectivity index (χ0) is 20.8. The van der Waals surface area contributed by atoms with Gasteiger partial charge < -0.3 is 9.47 Å². The van der Waals surface area contributed by atoms with Gasteiger partial charge in [0.25, 0.3) is 5.91 Å². The number of nitrogens with zero attached hydrogens (tertiary/aromatic N) is 1. The van der Waals surface area contributed by atoms with Gasteiger partial charge >= 0.3 is 5.97 Å². The van der Waals surface area contributed by atoms with Gasteiger partial charge in [0.2, 0.25) is 0 Å². The van der Waals surface area contributed by atoms with Crippen LogP contribution in [0.2, 0.25) is 0 Å². The molecule has 0 spiro atoms. The second-order valence-corrected chi connectivity index (χ2v) is 8.29. The minimum absolute atomic E-state index is 0.188. The molecule has 3 rings (SSSR count). The average molecular weight is 428 g/mol. The van der Waals surface area contributed by atoms with Gasteiger partial charge in [-0.05, 0) is 31.6 Å². The summed E-state index contributed by atoms with van der Waals surface area (Å²) in [5, 5.41) is 0. The van der Waals surface area contributed by atoms with Gasteiger partial charge in [0, 0.05) is 5.56 Å². The highest BCUT2D eigenvalue weighted by Crippen LogP contribution is 2.34. The maximum absolute atomic E-state index is 12.7. The lowest BCUT2D eigenvalue weighted by atomic mass is 10.1. The molecule has 0 N–H and O–H groups in total. The van der Waals surface area contributed by atoms with Gasteiger partial charge in [-0.15, -0.1) is 0 Å². The molecule has 1 aliphatic rings. The van der Waals surface area contributed by atoms with E-state index in [4.69, 9.17) is 21.7 Å². The van der Waals surface area contributed by atoms with E-state index in [1.807, 2.05) is 54.6 Å². The van der Waals surface area contributed by atoms with Gasteiger partial charge in [0.05, 0.1) is 11.0 Å². The standard InChI is InChI=1S/C22H21NO4S2/c1-15(2)27-20(24)13-23-21(25)19(29-22(23)28)12-17-10-6-7-11-18(17)26-14-16-8-4-3-5-9-16/h3-12,15H,13-14H2,1-2H3/b19-12-. The number of hydrogen-bond donors (Lipinski definition) is 0. The van der Waals surface area contributed by atoms with Crippen LogP contribution < -0.4 is 4.74 Å². The highest BCUT2D eigenvalue weighted by molar-refractivity contribution is 8.26. The van der Waals surface area contributed by atoms with E-state index in [1.54, 1.807) is 19.9 Å². The molecule has 2 aromatic rings. The monoisotopic (exact) mass is 427 g/mol. The molecular weight excluding hydrogens is 406 g/mol. The number of hydrogen-bond acceptors (Lipinski definition) is 6. The molecule has 0 saturated carbocycles. The molecule has 1 saturated heterocycles. The van der Waals surface area contributed by atoms with Crippen LogP contribution in [0.15, 0.2) is 59.5 Å². The summed E-state index contributed by atoms with van der Waals surface area (Å²) in [5.74, 6) is -0.122. The van der Waals surface area contributed by atoms with Gasteiger partial charge in [-0.2, -0.15) is 0 Å². The van der Waals surface area contributed by atoms with E-state index in [2.05, 4.69) is 0 Å². The minimum atomic E-state index is -0.482. The lowest BCUT2D eigenvalue weighted by molar-refractivity contribution is -0.149. The number of para-hydroxylation sites is 1. The summed E-state index contributed by atoms with van der Waals surface area (Å²) in [6.45, 7) is 3.75. The van der Waals surface area contributed by atoms with Crippen LogP contribution in [0.3, 0.4) is 0 Å². The van der Waals surface area contributed by atoms with Crippen molar-refractivity contribution in [2.45, 2.75) is 26.6 Å². The van der Waals surface area contributed by atoms with Crippen LogP contribution in [0.4, 0.5) is 0 Å². The largest absolute Gasteiger partial charge is 0.488 e. The maximum Gasteiger partial charge on any atom is 0.326 e. The normalized spacial score (nSPS) is 15.3. The van der Waals surface area contributed by atoms with E-state index in [0.29, 0.717) is 21.6 Å². The lowest BCUT2D eigenvalue weighted by Crippen LogP contribution is -2.35. The average Bonchev–Trinajstić information content (AvgIpc) is 2.95. The zero-order valence-electron chi connectivity index (χ0n) is 16.2. The summed E-state index contributed by atoms with van der Waals surface area (Å²) < 4.78 is 11.4. The number of amides is 1. The van der Waals surface area contributed by atoms with Crippen molar-refractivity contribution in [3.8, 4) is 5.75 Å². The molecule has 1 aliphatic heterocycles. The third-order valence-corrected chi connectivity index (χ3v) is 5.35. The second kappa shape index (κ2) is 9.71. The van der Waals surface area contributed by atoms with E-state index in [0.717, 1.165) is 11.1 Å². The Kier molecular flexibility index (Phi) is 7.06. The number of ether oxygens (including phenoxy) is 2. The molecule has 0 bridgehead atoms. The van der Waals surface area contributed by atoms with Crippen LogP contribution in [-0.2, 0) is 20.9 Å². The Hall–Kier alpha value is -2.64. The number of esters is 1. The topological polar surface area (TPSA) is 55.8 Å². The zero-order valence-corrected chi connectivity index (χ0v) is 17.8. The van der Waals surface area contributed by atoms with Crippen molar-refractivity contribution in [2.24, 2.45) is 0 Å². The first-order valence-electron chi connectivity index (χ1n) is 9.14. The quantitative estimate of drug-likeness (QED) is 0.370. The summed E-state index contributed by atoms with van der Waals surface area (Å²) in [4.78, 5) is 26.4.